The van der Waals surface area contributed by atoms with Crippen molar-refractivity contribution in [1.82, 2.24) is 10.3 Å². The molecule has 0 bridgehead atoms. The summed E-state index contributed by atoms with van der Waals surface area (Å²) in [7, 11) is 0. The third-order valence-electron chi connectivity index (χ3n) is 1.29. The lowest BCUT2D eigenvalue weighted by Crippen LogP contribution is -2.24. The minimum absolute atomic E-state index is 0.0247. The van der Waals surface area contributed by atoms with Crippen LogP contribution in [0.25, 0.3) is 0 Å². The quantitative estimate of drug-likeness (QED) is 0.716. The topological polar surface area (TPSA) is 65.8 Å². The zero-order valence-corrected chi connectivity index (χ0v) is 7.38. The van der Waals surface area contributed by atoms with E-state index < -0.39 is 0 Å². The van der Waals surface area contributed by atoms with Gasteiger partial charge in [0.2, 0.25) is 0 Å². The van der Waals surface area contributed by atoms with Crippen molar-refractivity contribution in [1.29, 1.82) is 5.26 Å². The van der Waals surface area contributed by atoms with Gasteiger partial charge in [0.15, 0.2) is 0 Å². The average Bonchev–Trinajstić information content (AvgIpc) is 2.15. The highest BCUT2D eigenvalue weighted by Crippen LogP contribution is 2.05. The summed E-state index contributed by atoms with van der Waals surface area (Å²) in [5.74, 6) is -0.377. The Morgan fingerprint density at radius 2 is 2.46 bits per heavy atom. The smallest absolute Gasteiger partial charge is 0.270 e. The van der Waals surface area contributed by atoms with E-state index in [1.165, 1.54) is 12.3 Å². The van der Waals surface area contributed by atoms with Crippen LogP contribution in [0, 0.1) is 11.3 Å². The van der Waals surface area contributed by atoms with Crippen LogP contribution in [0.1, 0.15) is 10.5 Å². The monoisotopic (exact) mass is 195 g/mol. The molecule has 0 unspecified atom stereocenters. The van der Waals surface area contributed by atoms with Gasteiger partial charge in [-0.3, -0.25) is 4.79 Å². The second kappa shape index (κ2) is 4.43. The predicted molar refractivity (Wildman–Crippen MR) is 47.2 cm³/mol. The fourth-order valence-electron chi connectivity index (χ4n) is 0.720. The van der Waals surface area contributed by atoms with Crippen molar-refractivity contribution in [3.63, 3.8) is 0 Å². The molecule has 1 aromatic heterocycles. The third-order valence-corrected chi connectivity index (χ3v) is 1.51. The first-order valence-corrected chi connectivity index (χ1v) is 3.88. The Balaban J connectivity index is 2.68. The minimum atomic E-state index is -0.377. The van der Waals surface area contributed by atoms with E-state index in [9.17, 15) is 4.79 Å². The number of rotatable bonds is 2. The van der Waals surface area contributed by atoms with Crippen molar-refractivity contribution in [3.8, 4) is 6.07 Å². The lowest BCUT2D eigenvalue weighted by Gasteiger charge is -1.98. The lowest BCUT2D eigenvalue weighted by atomic mass is 10.3. The van der Waals surface area contributed by atoms with Gasteiger partial charge in [0.05, 0.1) is 11.1 Å². The van der Waals surface area contributed by atoms with Gasteiger partial charge in [-0.1, -0.05) is 11.6 Å². The molecule has 0 saturated heterocycles. The van der Waals surface area contributed by atoms with E-state index in [-0.39, 0.29) is 18.1 Å². The summed E-state index contributed by atoms with van der Waals surface area (Å²) >= 11 is 5.57. The average molecular weight is 196 g/mol. The van der Waals surface area contributed by atoms with Crippen LogP contribution in [0.2, 0.25) is 5.02 Å². The molecule has 5 heteroatoms. The van der Waals surface area contributed by atoms with Crippen LogP contribution in [0.15, 0.2) is 18.3 Å². The first-order chi connectivity index (χ1) is 6.24. The Morgan fingerprint density at radius 3 is 3.00 bits per heavy atom. The highest BCUT2D eigenvalue weighted by molar-refractivity contribution is 6.30. The summed E-state index contributed by atoms with van der Waals surface area (Å²) < 4.78 is 0. The number of carbonyl (C=O) groups excluding carboxylic acids is 1. The zero-order valence-electron chi connectivity index (χ0n) is 6.62. The molecule has 1 rings (SSSR count). The van der Waals surface area contributed by atoms with E-state index in [1.54, 1.807) is 12.1 Å². The summed E-state index contributed by atoms with van der Waals surface area (Å²) in [6, 6.07) is 4.85. The molecule has 1 amide bonds. The molecule has 1 aromatic rings. The highest BCUT2D eigenvalue weighted by atomic mass is 35.5. The van der Waals surface area contributed by atoms with E-state index in [1.807, 2.05) is 0 Å². The van der Waals surface area contributed by atoms with Crippen LogP contribution in [-0.4, -0.2) is 17.4 Å². The Bertz CT molecular complexity index is 341. The summed E-state index contributed by atoms with van der Waals surface area (Å²) in [4.78, 5) is 14.9. The molecule has 0 aliphatic carbocycles. The van der Waals surface area contributed by atoms with Crippen LogP contribution in [0.3, 0.4) is 0 Å². The van der Waals surface area contributed by atoms with Crippen molar-refractivity contribution in [2.45, 2.75) is 0 Å². The van der Waals surface area contributed by atoms with Gasteiger partial charge >= 0.3 is 0 Å². The summed E-state index contributed by atoms with van der Waals surface area (Å²) in [5, 5.41) is 11.0. The zero-order chi connectivity index (χ0) is 9.68. The van der Waals surface area contributed by atoms with Crippen LogP contribution in [0.4, 0.5) is 0 Å². The minimum Gasteiger partial charge on any atom is -0.338 e. The van der Waals surface area contributed by atoms with Gasteiger partial charge < -0.3 is 5.32 Å². The second-order valence-electron chi connectivity index (χ2n) is 2.20. The molecule has 0 atom stereocenters. The normalized spacial score (nSPS) is 8.92. The maximum absolute atomic E-state index is 11.1. The highest BCUT2D eigenvalue weighted by Gasteiger charge is 2.04. The van der Waals surface area contributed by atoms with Crippen LogP contribution in [0.5, 0.6) is 0 Å². The van der Waals surface area contributed by atoms with E-state index in [0.29, 0.717) is 5.02 Å². The molecule has 4 nitrogen and oxygen atoms in total. The maximum Gasteiger partial charge on any atom is 0.270 e. The van der Waals surface area contributed by atoms with Gasteiger partial charge in [-0.25, -0.2) is 4.98 Å². The Kier molecular flexibility index (Phi) is 3.23. The van der Waals surface area contributed by atoms with Crippen molar-refractivity contribution in [2.24, 2.45) is 0 Å². The largest absolute Gasteiger partial charge is 0.338 e. The fraction of sp³-hybridized carbons (Fsp3) is 0.125. The number of carbonyl (C=O) groups is 1. The van der Waals surface area contributed by atoms with Crippen LogP contribution >= 0.6 is 11.6 Å². The number of nitrogens with one attached hydrogen (secondary N) is 1. The van der Waals surface area contributed by atoms with Crippen molar-refractivity contribution >= 4 is 17.5 Å². The van der Waals surface area contributed by atoms with E-state index in [2.05, 4.69) is 10.3 Å². The summed E-state index contributed by atoms with van der Waals surface area (Å²) in [5.41, 5.74) is 0.250. The fourth-order valence-corrected chi connectivity index (χ4v) is 0.832. The molecule has 0 aromatic carbocycles. The molecular formula is C8H6ClN3O. The molecule has 0 aliphatic heterocycles. The van der Waals surface area contributed by atoms with Crippen molar-refractivity contribution < 1.29 is 4.79 Å². The van der Waals surface area contributed by atoms with Crippen molar-refractivity contribution in [2.75, 3.05) is 6.54 Å². The first kappa shape index (κ1) is 9.49. The maximum atomic E-state index is 11.1. The first-order valence-electron chi connectivity index (χ1n) is 3.50. The number of amides is 1. The molecule has 0 radical (unpaired) electrons. The molecule has 0 saturated carbocycles. The predicted octanol–water partition coefficient (Wildman–Crippen LogP) is 0.988. The second-order valence-corrected chi connectivity index (χ2v) is 2.64. The van der Waals surface area contributed by atoms with E-state index in [0.717, 1.165) is 0 Å². The molecule has 1 heterocycles. The molecule has 0 spiro atoms. The summed E-state index contributed by atoms with van der Waals surface area (Å²) in [6.45, 7) is -0.0247. The number of halogens is 1. The number of hydrogen-bond acceptors (Lipinski definition) is 3. The van der Waals surface area contributed by atoms with Gasteiger partial charge in [0.25, 0.3) is 5.91 Å². The van der Waals surface area contributed by atoms with E-state index in [4.69, 9.17) is 16.9 Å². The number of nitrogens with zero attached hydrogens (tertiary/aromatic N) is 2. The van der Waals surface area contributed by atoms with Gasteiger partial charge in [0.1, 0.15) is 12.2 Å². The van der Waals surface area contributed by atoms with Gasteiger partial charge in [-0.15, -0.1) is 0 Å². The van der Waals surface area contributed by atoms with Gasteiger partial charge in [0, 0.05) is 6.20 Å². The SMILES string of the molecule is N#CCNC(=O)c1ccc(Cl)cn1. The van der Waals surface area contributed by atoms with Gasteiger partial charge in [-0.2, -0.15) is 5.26 Å². The lowest BCUT2D eigenvalue weighted by molar-refractivity contribution is 0.0953. The molecule has 13 heavy (non-hydrogen) atoms. The Morgan fingerprint density at radius 1 is 1.69 bits per heavy atom. The number of aromatic nitrogens is 1. The number of hydrogen-bond donors (Lipinski definition) is 1. The number of nitriles is 1. The Labute approximate surface area is 80.2 Å². The molecule has 66 valence electrons. The summed E-state index contributed by atoms with van der Waals surface area (Å²) in [6.07, 6.45) is 1.38. The standard InChI is InChI=1S/C8H6ClN3O/c9-6-1-2-7(12-5-6)8(13)11-4-3-10/h1-2,5H,4H2,(H,11,13). The third kappa shape index (κ3) is 2.73. The van der Waals surface area contributed by atoms with Crippen LogP contribution < -0.4 is 5.32 Å². The van der Waals surface area contributed by atoms with Crippen molar-refractivity contribution in [3.05, 3.63) is 29.0 Å². The molecular weight excluding hydrogens is 190 g/mol. The molecule has 0 fully saturated rings. The molecule has 0 aliphatic rings. The van der Waals surface area contributed by atoms with E-state index >= 15 is 0 Å². The molecule has 1 N–H and O–H groups in total. The Hall–Kier alpha value is -1.60. The van der Waals surface area contributed by atoms with Crippen LogP contribution in [-0.2, 0) is 0 Å². The number of pyridine rings is 1. The van der Waals surface area contributed by atoms with Gasteiger partial charge in [-0.05, 0) is 12.1 Å².